The number of methoxy groups -OCH3 is 1. The summed E-state index contributed by atoms with van der Waals surface area (Å²) in [5.41, 5.74) is 0.608. The lowest BCUT2D eigenvalue weighted by Crippen LogP contribution is -2.53. The van der Waals surface area contributed by atoms with E-state index in [1.165, 1.54) is 18.7 Å². The standard InChI is InChI=1S/C18H21NO8/c1-10(20)24-9-16-15(25-11(2)21)8-14-17(26-16)27-18(22)19(14)12-4-6-13(23-3)7-5-12/h4-7,14-17H,8-9H2,1-3H3/t14-,15+,16-,17-/m1/s1. The Bertz CT molecular complexity index is 719. The van der Waals surface area contributed by atoms with Crippen LogP contribution in [0.1, 0.15) is 20.3 Å². The van der Waals surface area contributed by atoms with Gasteiger partial charge in [0, 0.05) is 26.0 Å². The van der Waals surface area contributed by atoms with Gasteiger partial charge in [0.1, 0.15) is 30.6 Å². The van der Waals surface area contributed by atoms with E-state index in [-0.39, 0.29) is 13.0 Å². The molecule has 3 rings (SSSR count). The molecule has 1 aromatic carbocycles. The van der Waals surface area contributed by atoms with Gasteiger partial charge in [-0.3, -0.25) is 14.5 Å². The van der Waals surface area contributed by atoms with E-state index in [2.05, 4.69) is 0 Å². The molecule has 1 aromatic rings. The van der Waals surface area contributed by atoms with Gasteiger partial charge in [0.25, 0.3) is 0 Å². The van der Waals surface area contributed by atoms with E-state index in [4.69, 9.17) is 23.7 Å². The van der Waals surface area contributed by atoms with Crippen molar-refractivity contribution in [3.05, 3.63) is 24.3 Å². The van der Waals surface area contributed by atoms with Crippen molar-refractivity contribution in [2.24, 2.45) is 0 Å². The third kappa shape index (κ3) is 4.13. The first-order chi connectivity index (χ1) is 12.9. The molecule has 2 saturated heterocycles. The zero-order valence-corrected chi connectivity index (χ0v) is 15.2. The Kier molecular flexibility index (Phi) is 5.50. The average molecular weight is 379 g/mol. The molecule has 0 aromatic heterocycles. The van der Waals surface area contributed by atoms with Crippen LogP contribution in [0.15, 0.2) is 24.3 Å². The van der Waals surface area contributed by atoms with Crippen LogP contribution in [-0.2, 0) is 28.5 Å². The van der Waals surface area contributed by atoms with Crippen LogP contribution in [0.2, 0.25) is 0 Å². The van der Waals surface area contributed by atoms with E-state index in [9.17, 15) is 14.4 Å². The topological polar surface area (TPSA) is 101 Å². The third-order valence-electron chi connectivity index (χ3n) is 4.38. The van der Waals surface area contributed by atoms with Crippen LogP contribution in [-0.4, -0.2) is 56.3 Å². The fourth-order valence-electron chi connectivity index (χ4n) is 3.20. The largest absolute Gasteiger partial charge is 0.497 e. The number of esters is 2. The van der Waals surface area contributed by atoms with Gasteiger partial charge in [0.2, 0.25) is 6.29 Å². The lowest BCUT2D eigenvalue weighted by Gasteiger charge is -2.37. The van der Waals surface area contributed by atoms with Crippen LogP contribution in [0.3, 0.4) is 0 Å². The second-order valence-electron chi connectivity index (χ2n) is 6.25. The van der Waals surface area contributed by atoms with Crippen LogP contribution < -0.4 is 9.64 Å². The van der Waals surface area contributed by atoms with Gasteiger partial charge in [0.05, 0.1) is 7.11 Å². The summed E-state index contributed by atoms with van der Waals surface area (Å²) in [7, 11) is 1.55. The van der Waals surface area contributed by atoms with Crippen molar-refractivity contribution >= 4 is 23.7 Å². The van der Waals surface area contributed by atoms with Gasteiger partial charge in [-0.05, 0) is 24.3 Å². The van der Waals surface area contributed by atoms with E-state index in [0.717, 1.165) is 0 Å². The van der Waals surface area contributed by atoms with E-state index in [1.54, 1.807) is 31.4 Å². The predicted octanol–water partition coefficient (Wildman–Crippen LogP) is 1.63. The maximum absolute atomic E-state index is 12.4. The molecule has 2 aliphatic rings. The highest BCUT2D eigenvalue weighted by Gasteiger charge is 2.51. The van der Waals surface area contributed by atoms with Crippen molar-refractivity contribution in [3.8, 4) is 5.75 Å². The highest BCUT2D eigenvalue weighted by atomic mass is 16.7. The number of ether oxygens (including phenoxy) is 5. The zero-order chi connectivity index (χ0) is 19.6. The molecule has 0 radical (unpaired) electrons. The van der Waals surface area contributed by atoms with Gasteiger partial charge in [-0.25, -0.2) is 4.79 Å². The molecule has 4 atom stereocenters. The van der Waals surface area contributed by atoms with Crippen LogP contribution in [0.4, 0.5) is 10.5 Å². The van der Waals surface area contributed by atoms with E-state index < -0.39 is 42.6 Å². The maximum Gasteiger partial charge on any atom is 0.417 e. The molecule has 2 heterocycles. The highest BCUT2D eigenvalue weighted by Crippen LogP contribution is 2.36. The van der Waals surface area contributed by atoms with E-state index in [1.807, 2.05) is 0 Å². The van der Waals surface area contributed by atoms with Crippen molar-refractivity contribution < 1.29 is 38.1 Å². The zero-order valence-electron chi connectivity index (χ0n) is 15.2. The average Bonchev–Trinajstić information content (AvgIpc) is 2.94. The number of hydrogen-bond donors (Lipinski definition) is 0. The summed E-state index contributed by atoms with van der Waals surface area (Å²) in [5, 5.41) is 0. The summed E-state index contributed by atoms with van der Waals surface area (Å²) >= 11 is 0. The number of benzene rings is 1. The van der Waals surface area contributed by atoms with Crippen molar-refractivity contribution in [2.75, 3.05) is 18.6 Å². The highest BCUT2D eigenvalue weighted by molar-refractivity contribution is 5.90. The molecule has 0 bridgehead atoms. The van der Waals surface area contributed by atoms with Crippen LogP contribution >= 0.6 is 0 Å². The van der Waals surface area contributed by atoms with E-state index >= 15 is 0 Å². The van der Waals surface area contributed by atoms with Crippen molar-refractivity contribution in [2.45, 2.75) is 44.8 Å². The Morgan fingerprint density at radius 1 is 1.19 bits per heavy atom. The fraction of sp³-hybridized carbons (Fsp3) is 0.500. The third-order valence-corrected chi connectivity index (χ3v) is 4.38. The molecule has 0 saturated carbocycles. The van der Waals surface area contributed by atoms with Crippen molar-refractivity contribution in [1.82, 2.24) is 0 Å². The maximum atomic E-state index is 12.4. The molecule has 2 fully saturated rings. The van der Waals surface area contributed by atoms with E-state index in [0.29, 0.717) is 11.4 Å². The minimum atomic E-state index is -0.855. The minimum absolute atomic E-state index is 0.101. The molecular weight excluding hydrogens is 358 g/mol. The van der Waals surface area contributed by atoms with Crippen LogP contribution in [0.25, 0.3) is 0 Å². The molecule has 9 heteroatoms. The number of anilines is 1. The number of carbonyl (C=O) groups is 3. The molecule has 0 unspecified atom stereocenters. The first kappa shape index (κ1) is 19.0. The van der Waals surface area contributed by atoms with Gasteiger partial charge in [-0.2, -0.15) is 0 Å². The molecule has 2 aliphatic heterocycles. The second kappa shape index (κ2) is 7.83. The predicted molar refractivity (Wildman–Crippen MR) is 91.2 cm³/mol. The Morgan fingerprint density at radius 2 is 1.89 bits per heavy atom. The molecular formula is C18H21NO8. The Morgan fingerprint density at radius 3 is 2.48 bits per heavy atom. The Hall–Kier alpha value is -2.81. The number of amides is 1. The van der Waals surface area contributed by atoms with Crippen molar-refractivity contribution in [1.29, 1.82) is 0 Å². The monoisotopic (exact) mass is 379 g/mol. The lowest BCUT2D eigenvalue weighted by molar-refractivity contribution is -0.215. The van der Waals surface area contributed by atoms with Gasteiger partial charge in [0.15, 0.2) is 0 Å². The summed E-state index contributed by atoms with van der Waals surface area (Å²) in [6, 6.07) is 6.44. The molecule has 0 aliphatic carbocycles. The smallest absolute Gasteiger partial charge is 0.417 e. The van der Waals surface area contributed by atoms with Crippen LogP contribution in [0.5, 0.6) is 5.75 Å². The Balaban J connectivity index is 1.80. The van der Waals surface area contributed by atoms with Gasteiger partial charge in [-0.1, -0.05) is 0 Å². The first-order valence-electron chi connectivity index (χ1n) is 8.49. The summed E-state index contributed by atoms with van der Waals surface area (Å²) in [6.45, 7) is 2.45. The summed E-state index contributed by atoms with van der Waals surface area (Å²) in [4.78, 5) is 36.4. The molecule has 9 nitrogen and oxygen atoms in total. The van der Waals surface area contributed by atoms with Gasteiger partial charge in [-0.15, -0.1) is 0 Å². The molecule has 0 N–H and O–H groups in total. The van der Waals surface area contributed by atoms with Crippen LogP contribution in [0, 0.1) is 0 Å². The Labute approximate surface area is 156 Å². The molecule has 27 heavy (non-hydrogen) atoms. The normalized spacial score (nSPS) is 26.8. The summed E-state index contributed by atoms with van der Waals surface area (Å²) in [5.74, 6) is -0.316. The summed E-state index contributed by atoms with van der Waals surface area (Å²) in [6.07, 6.45) is -2.54. The molecule has 146 valence electrons. The first-order valence-corrected chi connectivity index (χ1v) is 8.49. The number of nitrogens with zero attached hydrogens (tertiary/aromatic N) is 1. The molecule has 1 amide bonds. The second-order valence-corrected chi connectivity index (χ2v) is 6.25. The SMILES string of the molecule is COc1ccc(N2C(=O)O[C@H]3O[C@H](COC(C)=O)[C@@H](OC(C)=O)C[C@H]32)cc1. The number of hydrogen-bond acceptors (Lipinski definition) is 8. The number of fused-ring (bicyclic) bond motifs is 1. The van der Waals surface area contributed by atoms with Gasteiger partial charge >= 0.3 is 18.0 Å². The number of rotatable bonds is 5. The fourth-order valence-corrected chi connectivity index (χ4v) is 3.20. The minimum Gasteiger partial charge on any atom is -0.497 e. The quantitative estimate of drug-likeness (QED) is 0.562. The number of carbonyl (C=O) groups excluding carboxylic acids is 3. The van der Waals surface area contributed by atoms with Gasteiger partial charge < -0.3 is 23.7 Å². The lowest BCUT2D eigenvalue weighted by atomic mass is 9.99. The molecule has 0 spiro atoms. The van der Waals surface area contributed by atoms with Crippen molar-refractivity contribution in [3.63, 3.8) is 0 Å². The summed E-state index contributed by atoms with van der Waals surface area (Å²) < 4.78 is 26.6.